The molecule has 1 aliphatic carbocycles. The maximum Gasteiger partial charge on any atom is 0.410 e. The molecule has 1 heterocycles. The van der Waals surface area contributed by atoms with Crippen molar-refractivity contribution in [2.24, 2.45) is 11.8 Å². The smallest absolute Gasteiger partial charge is 0.410 e. The zero-order valence-electron chi connectivity index (χ0n) is 16.6. The van der Waals surface area contributed by atoms with Gasteiger partial charge in [0.15, 0.2) is 0 Å². The van der Waals surface area contributed by atoms with Crippen LogP contribution in [0.4, 0.5) is 9.59 Å². The number of likely N-dealkylation sites (tertiary alicyclic amines) is 1. The number of nitrogens with one attached hydrogen (secondary N) is 1. The van der Waals surface area contributed by atoms with E-state index in [9.17, 15) is 9.59 Å². The molecule has 1 saturated heterocycles. The van der Waals surface area contributed by atoms with Crippen molar-refractivity contribution < 1.29 is 19.1 Å². The summed E-state index contributed by atoms with van der Waals surface area (Å²) in [5.41, 5.74) is -0.481. The monoisotopic (exact) mass is 370 g/mol. The lowest BCUT2D eigenvalue weighted by atomic mass is 9.65. The Hall–Kier alpha value is -1.24. The van der Waals surface area contributed by atoms with Gasteiger partial charge in [0.05, 0.1) is 6.61 Å². The van der Waals surface area contributed by atoms with E-state index in [1.807, 2.05) is 20.8 Å². The van der Waals surface area contributed by atoms with E-state index in [1.165, 1.54) is 0 Å². The van der Waals surface area contributed by atoms with E-state index in [-0.39, 0.29) is 18.2 Å². The molecule has 6 nitrogen and oxygen atoms in total. The third kappa shape index (κ3) is 6.20. The van der Waals surface area contributed by atoms with Crippen molar-refractivity contribution in [2.45, 2.75) is 70.9 Å². The number of piperidine rings is 1. The van der Waals surface area contributed by atoms with E-state index in [4.69, 9.17) is 9.47 Å². The minimum Gasteiger partial charge on any atom is -0.450 e. The molecule has 2 rings (SSSR count). The van der Waals surface area contributed by atoms with Gasteiger partial charge in [-0.2, -0.15) is 0 Å². The van der Waals surface area contributed by atoms with Gasteiger partial charge in [-0.15, -0.1) is 0 Å². The highest BCUT2D eigenvalue weighted by atomic mass is 28.3. The molecule has 0 spiro atoms. The number of carbonyl (C=O) groups excluding carboxylic acids is 2. The summed E-state index contributed by atoms with van der Waals surface area (Å²) in [6.45, 7) is 14.3. The van der Waals surface area contributed by atoms with E-state index < -0.39 is 13.7 Å². The molecule has 7 heteroatoms. The molecule has 0 aromatic heterocycles. The highest BCUT2D eigenvalue weighted by Crippen LogP contribution is 2.41. The van der Waals surface area contributed by atoms with E-state index >= 15 is 0 Å². The molecular weight excluding hydrogens is 336 g/mol. The number of carbonyl (C=O) groups is 2. The highest BCUT2D eigenvalue weighted by Gasteiger charge is 2.46. The molecule has 2 amide bonds. The van der Waals surface area contributed by atoms with E-state index in [0.717, 1.165) is 25.4 Å². The average molecular weight is 371 g/mol. The zero-order valence-corrected chi connectivity index (χ0v) is 17.6. The zero-order chi connectivity index (χ0) is 18.8. The molecule has 0 radical (unpaired) electrons. The summed E-state index contributed by atoms with van der Waals surface area (Å²) in [5, 5.41) is 2.99. The van der Waals surface area contributed by atoms with Crippen LogP contribution in [0, 0.1) is 11.8 Å². The summed E-state index contributed by atoms with van der Waals surface area (Å²) in [6, 6.07) is 1.08. The molecule has 1 saturated carbocycles. The van der Waals surface area contributed by atoms with Crippen LogP contribution in [0.3, 0.4) is 0 Å². The van der Waals surface area contributed by atoms with Crippen molar-refractivity contribution in [2.75, 3.05) is 19.7 Å². The quantitative estimate of drug-likeness (QED) is 0.766. The van der Waals surface area contributed by atoms with Crippen LogP contribution >= 0.6 is 0 Å². The van der Waals surface area contributed by atoms with Crippen LogP contribution in [0.5, 0.6) is 0 Å². The van der Waals surface area contributed by atoms with Crippen LogP contribution < -0.4 is 5.32 Å². The van der Waals surface area contributed by atoms with Crippen molar-refractivity contribution >= 4 is 20.3 Å². The number of rotatable bonds is 4. The van der Waals surface area contributed by atoms with Crippen LogP contribution in [-0.4, -0.2) is 56.5 Å². The predicted octanol–water partition coefficient (Wildman–Crippen LogP) is 3.70. The Morgan fingerprint density at radius 1 is 1.24 bits per heavy atom. The maximum atomic E-state index is 12.2. The number of ether oxygens (including phenoxy) is 2. The lowest BCUT2D eigenvalue weighted by molar-refractivity contribution is -0.0179. The Kier molecular flexibility index (Phi) is 6.07. The van der Waals surface area contributed by atoms with E-state index in [1.54, 1.807) is 4.90 Å². The first-order valence-electron chi connectivity index (χ1n) is 9.36. The van der Waals surface area contributed by atoms with Crippen LogP contribution in [0.2, 0.25) is 25.7 Å². The topological polar surface area (TPSA) is 67.9 Å². The minimum absolute atomic E-state index is 0.106. The second-order valence-corrected chi connectivity index (χ2v) is 15.2. The lowest BCUT2D eigenvalue weighted by Gasteiger charge is -2.50. The van der Waals surface area contributed by atoms with Gasteiger partial charge in [0.25, 0.3) is 0 Å². The Labute approximate surface area is 152 Å². The standard InChI is InChI=1S/C18H34N2O4Si/c1-18(2,3)24-17(22)20-8-7-13-11-15(14(13)12-20)19-16(21)23-9-10-25(4,5)6/h13-15H,7-12H2,1-6H3,(H,19,21)/t13-,14-,15-/m1/s1. The fraction of sp³-hybridized carbons (Fsp3) is 0.889. The van der Waals surface area contributed by atoms with Crippen molar-refractivity contribution in [3.63, 3.8) is 0 Å². The van der Waals surface area contributed by atoms with Gasteiger partial charge in [-0.05, 0) is 51.5 Å². The fourth-order valence-electron chi connectivity index (χ4n) is 3.39. The number of alkyl carbamates (subject to hydrolysis) is 1. The first kappa shape index (κ1) is 20.1. The Balaban J connectivity index is 1.76. The van der Waals surface area contributed by atoms with Crippen LogP contribution in [0.1, 0.15) is 33.6 Å². The SMILES string of the molecule is CC(C)(C)OC(=O)N1CC[C@@H]2C[C@@H](NC(=O)OCC[Si](C)(C)C)[C@@H]2C1. The molecule has 0 unspecified atom stereocenters. The second kappa shape index (κ2) is 7.56. The first-order valence-corrected chi connectivity index (χ1v) is 13.1. The van der Waals surface area contributed by atoms with Gasteiger partial charge in [0.2, 0.25) is 0 Å². The molecule has 144 valence electrons. The van der Waals surface area contributed by atoms with Gasteiger partial charge in [-0.25, -0.2) is 9.59 Å². The summed E-state index contributed by atoms with van der Waals surface area (Å²) >= 11 is 0. The largest absolute Gasteiger partial charge is 0.450 e. The summed E-state index contributed by atoms with van der Waals surface area (Å²) in [5.74, 6) is 0.900. The Morgan fingerprint density at radius 3 is 2.52 bits per heavy atom. The van der Waals surface area contributed by atoms with Gasteiger partial charge in [-0.3, -0.25) is 0 Å². The summed E-state index contributed by atoms with van der Waals surface area (Å²) in [7, 11) is -1.19. The van der Waals surface area contributed by atoms with Gasteiger partial charge in [-0.1, -0.05) is 19.6 Å². The number of hydrogen-bond acceptors (Lipinski definition) is 4. The maximum absolute atomic E-state index is 12.2. The highest BCUT2D eigenvalue weighted by molar-refractivity contribution is 6.76. The van der Waals surface area contributed by atoms with Crippen LogP contribution in [-0.2, 0) is 9.47 Å². The molecule has 0 aromatic carbocycles. The van der Waals surface area contributed by atoms with Crippen molar-refractivity contribution in [3.8, 4) is 0 Å². The molecule has 3 atom stereocenters. The van der Waals surface area contributed by atoms with Crippen molar-refractivity contribution in [1.29, 1.82) is 0 Å². The van der Waals surface area contributed by atoms with Gasteiger partial charge in [0.1, 0.15) is 5.60 Å². The molecular formula is C18H34N2O4Si. The second-order valence-electron chi connectivity index (χ2n) is 9.57. The normalized spacial score (nSPS) is 26.3. The molecule has 0 bridgehead atoms. The van der Waals surface area contributed by atoms with Crippen molar-refractivity contribution in [1.82, 2.24) is 10.2 Å². The third-order valence-corrected chi connectivity index (χ3v) is 6.62. The molecule has 0 aromatic rings. The summed E-state index contributed by atoms with van der Waals surface area (Å²) in [6.07, 6.45) is 1.38. The molecule has 2 aliphatic rings. The lowest BCUT2D eigenvalue weighted by Crippen LogP contribution is -2.60. The first-order chi connectivity index (χ1) is 11.4. The van der Waals surface area contributed by atoms with Crippen LogP contribution in [0.25, 0.3) is 0 Å². The summed E-state index contributed by atoms with van der Waals surface area (Å²) < 4.78 is 10.8. The van der Waals surface area contributed by atoms with Gasteiger partial charge >= 0.3 is 12.2 Å². The molecule has 1 N–H and O–H groups in total. The Morgan fingerprint density at radius 2 is 1.92 bits per heavy atom. The Bertz CT molecular complexity index is 498. The number of nitrogens with zero attached hydrogens (tertiary/aromatic N) is 1. The summed E-state index contributed by atoms with van der Waals surface area (Å²) in [4.78, 5) is 26.0. The van der Waals surface area contributed by atoms with E-state index in [0.29, 0.717) is 25.0 Å². The fourth-order valence-corrected chi connectivity index (χ4v) is 4.10. The molecule has 2 fully saturated rings. The molecule has 1 aliphatic heterocycles. The van der Waals surface area contributed by atoms with E-state index in [2.05, 4.69) is 25.0 Å². The predicted molar refractivity (Wildman–Crippen MR) is 100 cm³/mol. The number of amides is 2. The van der Waals surface area contributed by atoms with Crippen LogP contribution in [0.15, 0.2) is 0 Å². The molecule has 25 heavy (non-hydrogen) atoms. The number of fused-ring (bicyclic) bond motifs is 1. The average Bonchev–Trinajstić information content (AvgIpc) is 2.41. The number of hydrogen-bond donors (Lipinski definition) is 1. The minimum atomic E-state index is -1.19. The van der Waals surface area contributed by atoms with Gasteiger partial charge < -0.3 is 19.7 Å². The third-order valence-electron chi connectivity index (χ3n) is 4.92. The van der Waals surface area contributed by atoms with Gasteiger partial charge in [0, 0.05) is 27.2 Å². The van der Waals surface area contributed by atoms with Crippen molar-refractivity contribution in [3.05, 3.63) is 0 Å².